The minimum absolute atomic E-state index is 0. The van der Waals surface area contributed by atoms with E-state index in [1.807, 2.05) is 4.72 Å². The smallest absolute Gasteiger partial charge is 0.735 e. The van der Waals surface area contributed by atoms with Crippen molar-refractivity contribution in [3.8, 4) is 0 Å². The predicted molar refractivity (Wildman–Crippen MR) is 333 cm³/mol. The predicted octanol–water partition coefficient (Wildman–Crippen LogP) is -23.9. The summed E-state index contributed by atoms with van der Waals surface area (Å²) in [5, 5.41) is 78.5. The maximum Gasteiger partial charge on any atom is 1.00 e. The van der Waals surface area contributed by atoms with Crippen LogP contribution in [0, 0.1) is 27.1 Å². The van der Waals surface area contributed by atoms with Gasteiger partial charge in [-0.05, 0) is 123 Å². The van der Waals surface area contributed by atoms with Crippen LogP contribution in [0.25, 0.3) is 0 Å². The minimum Gasteiger partial charge on any atom is -0.735 e. The molecule has 0 aromatic carbocycles. The summed E-state index contributed by atoms with van der Waals surface area (Å²) < 4.78 is 263. The van der Waals surface area contributed by atoms with Gasteiger partial charge in [-0.1, -0.05) is 41.5 Å². The zero-order chi connectivity index (χ0) is 78.7. The van der Waals surface area contributed by atoms with Crippen LogP contribution < -0.4 is 227 Å². The molecule has 590 valence electrons. The molecule has 107 heavy (non-hydrogen) atoms. The van der Waals surface area contributed by atoms with Crippen LogP contribution in [0.1, 0.15) is 166 Å². The molecule has 49 heteroatoms. The average Bonchev–Trinajstić information content (AvgIpc) is 0.681. The molecule has 4 fully saturated rings. The van der Waals surface area contributed by atoms with Crippen LogP contribution in [0.15, 0.2) is 0 Å². The second-order valence-electron chi connectivity index (χ2n) is 31.0. The molecule has 0 saturated carbocycles. The van der Waals surface area contributed by atoms with E-state index >= 15 is 0 Å². The molecule has 4 heterocycles. The number of hydrogen-bond acceptors (Lipinski definition) is 35. The Kier molecular flexibility index (Phi) is 41.8. The van der Waals surface area contributed by atoms with Gasteiger partial charge in [0, 0.05) is 31.7 Å². The summed E-state index contributed by atoms with van der Waals surface area (Å²) in [7, 11) is -28.4. The molecule has 0 radical (unpaired) electrons. The molecule has 4 saturated heterocycles. The third-order valence-electron chi connectivity index (χ3n) is 25.5. The Bertz CT molecular complexity index is 3690. The van der Waals surface area contributed by atoms with Gasteiger partial charge in [-0.25, -0.2) is 51.5 Å². The molecule has 6 N–H and O–H groups in total. The van der Waals surface area contributed by atoms with Crippen LogP contribution in [0.3, 0.4) is 0 Å². The zero-order valence-corrected chi connectivity index (χ0v) is 85.8. The van der Waals surface area contributed by atoms with E-state index in [4.69, 9.17) is 55.2 Å². The van der Waals surface area contributed by atoms with E-state index in [1.54, 1.807) is 6.92 Å². The molecule has 19 atom stereocenters. The molecule has 4 aliphatic heterocycles. The molecule has 0 aliphatic carbocycles. The first kappa shape index (κ1) is 118. The molecule has 4 rings (SSSR count). The van der Waals surface area contributed by atoms with E-state index in [1.165, 1.54) is 48.5 Å². The van der Waals surface area contributed by atoms with Crippen LogP contribution in [-0.2, 0) is 117 Å². The van der Waals surface area contributed by atoms with Crippen LogP contribution in [0.4, 0.5) is 0 Å². The third-order valence-corrected chi connectivity index (χ3v) is 28.2. The Morgan fingerprint density at radius 1 is 0.355 bits per heavy atom. The van der Waals surface area contributed by atoms with Crippen molar-refractivity contribution in [1.29, 1.82) is 0 Å². The number of hydrogen-bond donors (Lipinski definition) is 6. The van der Waals surface area contributed by atoms with Crippen molar-refractivity contribution in [3.05, 3.63) is 0 Å². The number of rotatable bonds is 33. The van der Waals surface area contributed by atoms with E-state index in [-0.39, 0.29) is 220 Å². The third kappa shape index (κ3) is 20.7. The number of aliphatic hydroxyl groups is 4. The first-order valence-corrected chi connectivity index (χ1v) is 38.2. The number of ether oxygens (including phenoxy) is 9. The summed E-state index contributed by atoms with van der Waals surface area (Å²) in [5.41, 5.74) is -49.3. The Morgan fingerprint density at radius 2 is 0.682 bits per heavy atom. The standard InChI is InChI=1S/C58H108N2O35S5.7Na/c1-24-84-30-43(8)51(16,38(63)64)94-49(14,58(23,56(43,21)67)95-100(81,82)83)34-88-29-41(6)46(11,36-90-99(78,79)80)91-44(9,53(18,54(41,19)65)60-97(72,73)74)26-27-86-31-42(7)50(15,37(61)62)93-48(13,57(22,68)55(42,20)66)33-87-28-40(5)39(3,4)52(17,59-96(69,70)71)47(12,32-85-25-2)92-45(40,10)35-89-98(75,76)77;;;;;;;/h59-60,65-68H,24-36H2,1-23H3,(H,61,62)(H,63,64)(H,69,70,71)(H,72,73,74)(H,75,76,77)(H,78,79,80)(H,81,82,83);;;;;;;/q;7*+1/p-7/t40-,41+,42-,43+,44-,45?,46?,47-,48-,49-,50?,51?,52?,53?,54+,55+,56+,57?,58?;;;;;;;/m0......./s1. The molecule has 4 aliphatic rings. The largest absolute Gasteiger partial charge is 1.00 e. The fraction of sp³-hybridized carbons (Fsp3) is 0.966. The van der Waals surface area contributed by atoms with Crippen molar-refractivity contribution in [2.45, 2.75) is 250 Å². The molecule has 0 spiro atoms. The van der Waals surface area contributed by atoms with Gasteiger partial charge in [-0.2, -0.15) is 0 Å². The van der Waals surface area contributed by atoms with Gasteiger partial charge in [0.25, 0.3) is 0 Å². The molecular formula is C58H101N2Na7O35S5. The van der Waals surface area contributed by atoms with Crippen LogP contribution in [0.5, 0.6) is 0 Å². The average molecular weight is 1710 g/mol. The zero-order valence-electron chi connectivity index (χ0n) is 67.7. The van der Waals surface area contributed by atoms with Crippen LogP contribution in [-0.4, -0.2) is 260 Å². The summed E-state index contributed by atoms with van der Waals surface area (Å²) in [5.74, 6) is -4.06. The van der Waals surface area contributed by atoms with Crippen LogP contribution >= 0.6 is 0 Å². The Hall–Kier alpha value is 4.77. The van der Waals surface area contributed by atoms with Crippen molar-refractivity contribution in [1.82, 2.24) is 9.44 Å². The Morgan fingerprint density at radius 3 is 1.07 bits per heavy atom. The number of carbonyl (C=O) groups is 2. The second-order valence-corrected chi connectivity index (χ2v) is 36.3. The van der Waals surface area contributed by atoms with Gasteiger partial charge in [0.1, 0.15) is 56.0 Å². The maximum atomic E-state index is 13.8. The fourth-order valence-corrected chi connectivity index (χ4v) is 19.2. The molecule has 37 nitrogen and oxygen atoms in total. The number of carboxylic acid groups (broad SMARTS) is 2. The SMILES string of the molecule is CCOC[C@]1(C)OC(C)(COS(=O)(=O)[O-])[C@@](C)(COC[C@]2(C)OC(C)(C(=O)[O-])[C@](C)(COCC[C@]3(C)OC(C)(COS(=O)(=O)[O-])[C@@](C)(COC[C@]4(C)OC(C)(C(=O)[O-])[C@@](C)(COCC)[C@@](C)(O)C4(C)OS(=O)(=O)[O-])[C@@](C)(O)C3(C)NS(=O)(=O)[O-])[C@@](C)(O)C2(C)O)C(C)(C)C1(C)NS(=O)(=O)[O-].[Na+].[Na+].[Na+].[Na+].[Na+].[Na+].[Na+]. The van der Waals surface area contributed by atoms with Crippen molar-refractivity contribution in [3.63, 3.8) is 0 Å². The van der Waals surface area contributed by atoms with Crippen molar-refractivity contribution in [2.75, 3.05) is 79.3 Å². The van der Waals surface area contributed by atoms with Gasteiger partial charge in [0.05, 0.1) is 116 Å². The van der Waals surface area contributed by atoms with Gasteiger partial charge >= 0.3 is 207 Å². The van der Waals surface area contributed by atoms with E-state index < -0.39 is 247 Å². The fourth-order valence-electron chi connectivity index (χ4n) is 15.9. The van der Waals surface area contributed by atoms with Crippen molar-refractivity contribution >= 4 is 63.7 Å². The number of carboxylic acids is 2. The monoisotopic (exact) mass is 1710 g/mol. The van der Waals surface area contributed by atoms with Crippen LogP contribution in [0.2, 0.25) is 0 Å². The van der Waals surface area contributed by atoms with Gasteiger partial charge in [0.15, 0.2) is 20.6 Å². The first-order valence-electron chi connectivity index (χ1n) is 31.4. The van der Waals surface area contributed by atoms with Crippen molar-refractivity contribution in [2.24, 2.45) is 27.1 Å². The molecule has 0 bridgehead atoms. The van der Waals surface area contributed by atoms with E-state index in [0.29, 0.717) is 0 Å². The topological polar surface area (TPSA) is 582 Å². The summed E-state index contributed by atoms with van der Waals surface area (Å²) >= 11 is 0. The number of aliphatic carboxylic acids is 2. The number of nitrogens with one attached hydrogen (secondary N) is 2. The van der Waals surface area contributed by atoms with Gasteiger partial charge in [-0.15, -0.1) is 0 Å². The summed E-state index contributed by atoms with van der Waals surface area (Å²) in [6.45, 7) is 16.9. The Balaban J connectivity index is -0.00000758. The van der Waals surface area contributed by atoms with Gasteiger partial charge < -0.3 is 106 Å². The maximum absolute atomic E-state index is 13.8. The van der Waals surface area contributed by atoms with E-state index in [0.717, 1.165) is 104 Å². The summed E-state index contributed by atoms with van der Waals surface area (Å²) in [6, 6.07) is 0. The number of carbonyl (C=O) groups excluding carboxylic acids is 2. The Labute approximate surface area is 785 Å². The summed E-state index contributed by atoms with van der Waals surface area (Å²) in [4.78, 5) is 27.0. The molecule has 8 unspecified atom stereocenters. The van der Waals surface area contributed by atoms with Gasteiger partial charge in [-0.3, -0.25) is 12.5 Å². The van der Waals surface area contributed by atoms with E-state index in [9.17, 15) is 105 Å². The summed E-state index contributed by atoms with van der Waals surface area (Å²) in [6.07, 6.45) is -0.784. The molecule has 0 aromatic rings. The van der Waals surface area contributed by atoms with Crippen molar-refractivity contribution < 1.29 is 367 Å². The quantitative estimate of drug-likeness (QED) is 0.0154. The van der Waals surface area contributed by atoms with Gasteiger partial charge in [0.2, 0.25) is 31.2 Å². The second kappa shape index (κ2) is 37.9. The van der Waals surface area contributed by atoms with E-state index in [2.05, 4.69) is 4.72 Å². The molecule has 0 amide bonds. The minimum atomic E-state index is -5.92. The molecular weight excluding hydrogens is 1610 g/mol. The molecule has 0 aromatic heterocycles. The first-order chi connectivity index (χ1) is 44.0. The normalized spacial score (nSPS) is 42.2.